The molecule has 3 aliphatic heterocycles. The molecule has 0 saturated heterocycles. The molecule has 0 spiro atoms. The number of benzene rings is 4. The summed E-state index contributed by atoms with van der Waals surface area (Å²) in [4.78, 5) is 0. The van der Waals surface area contributed by atoms with E-state index in [1.807, 2.05) is 91.0 Å². The van der Waals surface area contributed by atoms with E-state index in [0.29, 0.717) is 16.7 Å². The van der Waals surface area contributed by atoms with Crippen LogP contribution in [0.4, 0.5) is 0 Å². The van der Waals surface area contributed by atoms with E-state index in [1.54, 1.807) is 0 Å². The number of aryl methyl sites for hydroxylation is 3. The van der Waals surface area contributed by atoms with Crippen molar-refractivity contribution in [3.8, 4) is 0 Å². The molecule has 0 fully saturated rings. The van der Waals surface area contributed by atoms with Gasteiger partial charge >= 0.3 is 0 Å². The zero-order valence-corrected chi connectivity index (χ0v) is 27.0. The van der Waals surface area contributed by atoms with Crippen LogP contribution in [0.1, 0.15) is 33.4 Å². The van der Waals surface area contributed by atoms with Crippen LogP contribution < -0.4 is 15.9 Å². The Morgan fingerprint density at radius 2 is 0.698 bits per heavy atom. The predicted molar refractivity (Wildman–Crippen MR) is 175 cm³/mol. The highest BCUT2D eigenvalue weighted by atomic mass is 32.2. The van der Waals surface area contributed by atoms with Crippen molar-refractivity contribution in [2.45, 2.75) is 36.5 Å². The van der Waals surface area contributed by atoms with Crippen LogP contribution in [0.3, 0.4) is 0 Å². The van der Waals surface area contributed by atoms with Crippen LogP contribution in [-0.2, 0) is 66.0 Å². The molecule has 0 saturated carbocycles. The lowest BCUT2D eigenvalue weighted by Gasteiger charge is -2.27. The quantitative estimate of drug-likeness (QED) is 0.270. The minimum atomic E-state index is -3.51. The average molecular weight is 653 g/mol. The molecule has 0 unspecified atom stereocenters. The lowest BCUT2D eigenvalue weighted by Crippen LogP contribution is -2.30. The highest BCUT2D eigenvalue weighted by molar-refractivity contribution is 7.91. The first-order valence-corrected chi connectivity index (χ1v) is 21.0. The van der Waals surface area contributed by atoms with Gasteiger partial charge in [-0.15, -0.1) is 0 Å². The van der Waals surface area contributed by atoms with Gasteiger partial charge in [-0.25, -0.2) is 25.3 Å². The molecule has 0 radical (unpaired) electrons. The number of hydrogen-bond acceptors (Lipinski definition) is 6. The lowest BCUT2D eigenvalue weighted by atomic mass is 10.0. The van der Waals surface area contributed by atoms with Crippen molar-refractivity contribution >= 4 is 53.3 Å². The monoisotopic (exact) mass is 652 g/mol. The first kappa shape index (κ1) is 30.2. The van der Waals surface area contributed by atoms with Gasteiger partial charge in [0.2, 0.25) is 0 Å². The maximum absolute atomic E-state index is 13.6. The van der Waals surface area contributed by atoms with Gasteiger partial charge in [-0.1, -0.05) is 91.0 Å². The Morgan fingerprint density at radius 1 is 0.419 bits per heavy atom. The molecule has 3 aliphatic rings. The van der Waals surface area contributed by atoms with Crippen molar-refractivity contribution in [1.29, 1.82) is 0 Å². The number of rotatable bonds is 0. The maximum Gasteiger partial charge on any atom is 0.154 e. The molecule has 0 aromatic heterocycles. The van der Waals surface area contributed by atoms with Crippen LogP contribution >= 0.6 is 7.92 Å². The highest BCUT2D eigenvalue weighted by Gasteiger charge is 2.29. The Labute approximate surface area is 255 Å². The van der Waals surface area contributed by atoms with Crippen LogP contribution in [0.15, 0.2) is 91.0 Å². The van der Waals surface area contributed by atoms with E-state index < -0.39 is 37.4 Å². The second-order valence-electron chi connectivity index (χ2n) is 11.4. The maximum atomic E-state index is 13.6. The summed E-state index contributed by atoms with van der Waals surface area (Å²) in [5.41, 5.74) is 4.27. The van der Waals surface area contributed by atoms with Crippen LogP contribution in [0, 0.1) is 0 Å². The molecule has 4 aromatic rings. The van der Waals surface area contributed by atoms with Crippen molar-refractivity contribution in [3.05, 3.63) is 124 Å². The SMILES string of the molecule is O=S1(=O)CCc2cc3cc(c2)CCS(=O)(=O)Cc2ccccc2P(c2ccccc2C1)c1ccccc1CS(=O)(=O)CC3. The van der Waals surface area contributed by atoms with Crippen molar-refractivity contribution in [2.75, 3.05) is 17.3 Å². The molecule has 0 atom stereocenters. The van der Waals surface area contributed by atoms with Gasteiger partial charge in [0.05, 0.1) is 34.5 Å². The summed E-state index contributed by atoms with van der Waals surface area (Å²) in [6.45, 7) is 0. The third kappa shape index (κ3) is 7.12. The Kier molecular flexibility index (Phi) is 8.37. The van der Waals surface area contributed by atoms with Crippen molar-refractivity contribution < 1.29 is 25.3 Å². The fraction of sp³-hybridized carbons (Fsp3) is 0.273. The normalized spacial score (nSPS) is 19.8. The van der Waals surface area contributed by atoms with E-state index in [9.17, 15) is 25.3 Å². The summed E-state index contributed by atoms with van der Waals surface area (Å²) >= 11 is 0. The van der Waals surface area contributed by atoms with Gasteiger partial charge in [0, 0.05) is 0 Å². The van der Waals surface area contributed by atoms with Crippen LogP contribution in [0.2, 0.25) is 0 Å². The highest BCUT2D eigenvalue weighted by Crippen LogP contribution is 2.38. The third-order valence-corrected chi connectivity index (χ3v) is 15.5. The Hall–Kier alpha value is -2.84. The Bertz CT molecular complexity index is 1770. The summed E-state index contributed by atoms with van der Waals surface area (Å²) in [6, 6.07) is 27.9. The van der Waals surface area contributed by atoms with Gasteiger partial charge < -0.3 is 0 Å². The fourth-order valence-corrected chi connectivity index (χ4v) is 13.3. The molecule has 4 aromatic carbocycles. The average Bonchev–Trinajstić information content (AvgIpc) is 2.96. The summed E-state index contributed by atoms with van der Waals surface area (Å²) in [5, 5.41) is 2.37. The number of sulfone groups is 3. The number of hydrogen-bond donors (Lipinski definition) is 0. The van der Waals surface area contributed by atoms with Gasteiger partial charge in [-0.3, -0.25) is 0 Å². The van der Waals surface area contributed by atoms with Gasteiger partial charge in [0.25, 0.3) is 0 Å². The summed E-state index contributed by atoms with van der Waals surface area (Å²) in [7, 11) is -12.1. The molecule has 0 amide bonds. The smallest absolute Gasteiger partial charge is 0.154 e. The predicted octanol–water partition coefficient (Wildman–Crippen LogP) is 3.54. The van der Waals surface area contributed by atoms with Gasteiger partial charge in [0.1, 0.15) is 0 Å². The molecule has 7 rings (SSSR count). The molecule has 3 heterocycles. The summed E-state index contributed by atoms with van der Waals surface area (Å²) < 4.78 is 81.7. The lowest BCUT2D eigenvalue weighted by molar-refractivity contribution is 0.593. The summed E-state index contributed by atoms with van der Waals surface area (Å²) in [6.07, 6.45) is 0.807. The first-order valence-electron chi connectivity index (χ1n) is 14.2. The molecule has 0 aliphatic carbocycles. The summed E-state index contributed by atoms with van der Waals surface area (Å²) in [5.74, 6) is -0.662. The van der Waals surface area contributed by atoms with E-state index in [0.717, 1.165) is 32.6 Å². The Morgan fingerprint density at radius 3 is 1.00 bits per heavy atom. The molecule has 4 bridgehead atoms. The van der Waals surface area contributed by atoms with E-state index in [1.165, 1.54) is 0 Å². The second kappa shape index (κ2) is 11.9. The minimum absolute atomic E-state index is 0.0636. The van der Waals surface area contributed by atoms with Gasteiger partial charge in [-0.05, 0) is 76.5 Å². The largest absolute Gasteiger partial charge is 0.228 e. The zero-order valence-electron chi connectivity index (χ0n) is 23.6. The molecule has 10 heteroatoms. The molecular formula is C33H33O6PS3. The molecule has 224 valence electrons. The van der Waals surface area contributed by atoms with Crippen molar-refractivity contribution in [3.63, 3.8) is 0 Å². The van der Waals surface area contributed by atoms with Crippen LogP contribution in [-0.4, -0.2) is 42.5 Å². The number of fused-ring (bicyclic) bond motifs is 9. The zero-order chi connectivity index (χ0) is 30.2. The topological polar surface area (TPSA) is 102 Å². The second-order valence-corrected chi connectivity index (χ2v) is 20.1. The minimum Gasteiger partial charge on any atom is -0.228 e. The van der Waals surface area contributed by atoms with Crippen molar-refractivity contribution in [2.24, 2.45) is 0 Å². The Balaban J connectivity index is 1.69. The third-order valence-electron chi connectivity index (χ3n) is 8.04. The van der Waals surface area contributed by atoms with Crippen LogP contribution in [0.25, 0.3) is 0 Å². The molecule has 0 N–H and O–H groups in total. The van der Waals surface area contributed by atoms with Gasteiger partial charge in [0.15, 0.2) is 29.5 Å². The van der Waals surface area contributed by atoms with Gasteiger partial charge in [-0.2, -0.15) is 0 Å². The van der Waals surface area contributed by atoms with Crippen LogP contribution in [0.5, 0.6) is 0 Å². The fourth-order valence-electron chi connectivity index (χ4n) is 5.96. The van der Waals surface area contributed by atoms with E-state index in [4.69, 9.17) is 0 Å². The van der Waals surface area contributed by atoms with Crippen molar-refractivity contribution in [1.82, 2.24) is 0 Å². The van der Waals surface area contributed by atoms with E-state index in [2.05, 4.69) is 0 Å². The van der Waals surface area contributed by atoms with E-state index >= 15 is 0 Å². The van der Waals surface area contributed by atoms with E-state index in [-0.39, 0.29) is 53.8 Å². The standard InChI is InChI=1S/C33H33O6PS3/c34-41(35)16-13-25-19-26-14-17-42(36,37)23-29-8-2-5-11-32(29)40(31-10-4-1-7-28(31)22-41)33-12-6-3-9-30(33)24-43(38,39)18-15-27(20-25)21-26/h1-12,19-21H,13-18,22-24H2. The molecular weight excluding hydrogens is 620 g/mol. The first-order chi connectivity index (χ1) is 20.5. The molecule has 43 heavy (non-hydrogen) atoms. The molecule has 6 nitrogen and oxygen atoms in total.